The predicted octanol–water partition coefficient (Wildman–Crippen LogP) is 6.04. The minimum atomic E-state index is -3.47. The highest BCUT2D eigenvalue weighted by atomic mass is 32.7. The lowest BCUT2D eigenvalue weighted by Gasteiger charge is -2.19. The molecule has 0 atom stereocenters. The molecule has 116 valence electrons. The molecule has 0 amide bonds. The van der Waals surface area contributed by atoms with E-state index in [9.17, 15) is 4.57 Å². The zero-order chi connectivity index (χ0) is 16.0. The fourth-order valence-corrected chi connectivity index (χ4v) is 5.18. The Balaban J connectivity index is 1.87. The first kappa shape index (κ1) is 15.7. The van der Waals surface area contributed by atoms with Crippen LogP contribution in [0.5, 0.6) is 11.5 Å². The van der Waals surface area contributed by atoms with Gasteiger partial charge in [-0.05, 0) is 36.4 Å². The smallest absolute Gasteiger partial charge is 0.408 e. The first-order valence-corrected chi connectivity index (χ1v) is 10.0. The maximum atomic E-state index is 13.2. The molecule has 0 aliphatic rings. The SMILES string of the molecule is O=P(Oc1ccccc1)(Oc1ccccc1)Sc1ccccc1. The Kier molecular flexibility index (Phi) is 5.06. The summed E-state index contributed by atoms with van der Waals surface area (Å²) in [6.45, 7) is -3.47. The number of hydrogen-bond acceptors (Lipinski definition) is 4. The van der Waals surface area contributed by atoms with Gasteiger partial charge in [-0.15, -0.1) is 0 Å². The molecule has 0 spiro atoms. The number of rotatable bonds is 6. The molecule has 0 aromatic heterocycles. The fraction of sp³-hybridized carbons (Fsp3) is 0. The molecule has 23 heavy (non-hydrogen) atoms. The highest BCUT2D eigenvalue weighted by Crippen LogP contribution is 2.62. The molecule has 0 N–H and O–H groups in total. The number of benzene rings is 3. The standard InChI is InChI=1S/C18H15O3PS/c19-22(20-16-10-4-1-5-11-16,21-17-12-6-2-7-13-17)23-18-14-8-3-9-15-18/h1-15H. The first-order chi connectivity index (χ1) is 11.2. The van der Waals surface area contributed by atoms with Crippen molar-refractivity contribution in [3.63, 3.8) is 0 Å². The van der Waals surface area contributed by atoms with Crippen molar-refractivity contribution in [3.8, 4) is 11.5 Å². The Hall–Kier alpha value is -2.16. The summed E-state index contributed by atoms with van der Waals surface area (Å²) in [6, 6.07) is 27.5. The Labute approximate surface area is 139 Å². The average Bonchev–Trinajstić information content (AvgIpc) is 2.57. The molecule has 3 aromatic carbocycles. The van der Waals surface area contributed by atoms with Crippen LogP contribution in [0.4, 0.5) is 0 Å². The van der Waals surface area contributed by atoms with Crippen LogP contribution in [0.1, 0.15) is 0 Å². The predicted molar refractivity (Wildman–Crippen MR) is 94.0 cm³/mol. The van der Waals surface area contributed by atoms with Gasteiger partial charge in [0.05, 0.1) is 0 Å². The second-order valence-electron chi connectivity index (χ2n) is 4.66. The van der Waals surface area contributed by atoms with E-state index < -0.39 is 6.80 Å². The van der Waals surface area contributed by atoms with Crippen LogP contribution < -0.4 is 9.05 Å². The van der Waals surface area contributed by atoms with E-state index in [2.05, 4.69) is 0 Å². The van der Waals surface area contributed by atoms with Crippen LogP contribution in [0.2, 0.25) is 0 Å². The molecule has 0 unspecified atom stereocenters. The molecule has 0 aliphatic heterocycles. The van der Waals surface area contributed by atoms with Crippen LogP contribution in [0.15, 0.2) is 95.9 Å². The molecule has 5 heteroatoms. The third kappa shape index (κ3) is 4.65. The van der Waals surface area contributed by atoms with Gasteiger partial charge in [0, 0.05) is 16.3 Å². The van der Waals surface area contributed by atoms with E-state index in [1.165, 1.54) is 0 Å². The van der Waals surface area contributed by atoms with E-state index >= 15 is 0 Å². The summed E-state index contributed by atoms with van der Waals surface area (Å²) in [5.74, 6) is 1.02. The van der Waals surface area contributed by atoms with E-state index in [4.69, 9.17) is 9.05 Å². The average molecular weight is 342 g/mol. The number of para-hydroxylation sites is 2. The lowest BCUT2D eigenvalue weighted by atomic mass is 10.3. The van der Waals surface area contributed by atoms with Gasteiger partial charge in [-0.3, -0.25) is 0 Å². The van der Waals surface area contributed by atoms with Crippen molar-refractivity contribution < 1.29 is 13.6 Å². The van der Waals surface area contributed by atoms with Gasteiger partial charge in [-0.2, -0.15) is 0 Å². The minimum absolute atomic E-state index is 0.509. The van der Waals surface area contributed by atoms with Crippen LogP contribution in [-0.2, 0) is 4.57 Å². The molecule has 0 saturated carbocycles. The van der Waals surface area contributed by atoms with E-state index in [0.717, 1.165) is 16.3 Å². The molecule has 0 saturated heterocycles. The summed E-state index contributed by atoms with van der Waals surface area (Å²) in [6.07, 6.45) is 0. The Morgan fingerprint density at radius 1 is 0.609 bits per heavy atom. The molecule has 0 radical (unpaired) electrons. The molecular weight excluding hydrogens is 327 g/mol. The topological polar surface area (TPSA) is 35.5 Å². The van der Waals surface area contributed by atoms with Crippen molar-refractivity contribution in [1.29, 1.82) is 0 Å². The van der Waals surface area contributed by atoms with Gasteiger partial charge in [-0.1, -0.05) is 54.6 Å². The number of hydrogen-bond donors (Lipinski definition) is 0. The van der Waals surface area contributed by atoms with Gasteiger partial charge in [0.25, 0.3) is 0 Å². The molecule has 0 aliphatic carbocycles. The molecule has 0 bridgehead atoms. The molecule has 0 fully saturated rings. The minimum Gasteiger partial charge on any atom is -0.408 e. The third-order valence-corrected chi connectivity index (χ3v) is 6.21. The lowest BCUT2D eigenvalue weighted by Crippen LogP contribution is -1.97. The molecule has 3 nitrogen and oxygen atoms in total. The van der Waals surface area contributed by atoms with Gasteiger partial charge < -0.3 is 9.05 Å². The third-order valence-electron chi connectivity index (χ3n) is 2.88. The summed E-state index contributed by atoms with van der Waals surface area (Å²) < 4.78 is 24.7. The Morgan fingerprint density at radius 2 is 1.00 bits per heavy atom. The van der Waals surface area contributed by atoms with Crippen molar-refractivity contribution >= 4 is 18.2 Å². The molecule has 3 aromatic rings. The van der Waals surface area contributed by atoms with Crippen LogP contribution in [-0.4, -0.2) is 0 Å². The van der Waals surface area contributed by atoms with Crippen LogP contribution in [0, 0.1) is 0 Å². The zero-order valence-electron chi connectivity index (χ0n) is 12.2. The van der Waals surface area contributed by atoms with Crippen LogP contribution >= 0.6 is 18.2 Å². The van der Waals surface area contributed by atoms with Gasteiger partial charge in [0.1, 0.15) is 11.5 Å². The molecule has 0 heterocycles. The first-order valence-electron chi connectivity index (χ1n) is 7.07. The summed E-state index contributed by atoms with van der Waals surface area (Å²) in [5, 5.41) is 0. The van der Waals surface area contributed by atoms with E-state index in [-0.39, 0.29) is 0 Å². The second kappa shape index (κ2) is 7.40. The summed E-state index contributed by atoms with van der Waals surface area (Å²) in [7, 11) is 0. The van der Waals surface area contributed by atoms with Crippen molar-refractivity contribution in [2.24, 2.45) is 0 Å². The quantitative estimate of drug-likeness (QED) is 0.511. The van der Waals surface area contributed by atoms with E-state index in [0.29, 0.717) is 11.5 Å². The van der Waals surface area contributed by atoms with Crippen molar-refractivity contribution in [3.05, 3.63) is 91.0 Å². The van der Waals surface area contributed by atoms with Crippen LogP contribution in [0.3, 0.4) is 0 Å². The van der Waals surface area contributed by atoms with Gasteiger partial charge in [0.2, 0.25) is 0 Å². The van der Waals surface area contributed by atoms with E-state index in [1.54, 1.807) is 24.3 Å². The van der Waals surface area contributed by atoms with Gasteiger partial charge >= 0.3 is 6.80 Å². The molecular formula is C18H15O3PS. The summed E-state index contributed by atoms with van der Waals surface area (Å²) in [4.78, 5) is 0.822. The molecule has 3 rings (SSSR count). The lowest BCUT2D eigenvalue weighted by molar-refractivity contribution is 0.408. The monoisotopic (exact) mass is 342 g/mol. The highest BCUT2D eigenvalue weighted by Gasteiger charge is 2.30. The Morgan fingerprint density at radius 3 is 1.43 bits per heavy atom. The fourth-order valence-electron chi connectivity index (χ4n) is 1.89. The highest BCUT2D eigenvalue weighted by molar-refractivity contribution is 8.55. The Bertz CT molecular complexity index is 671. The zero-order valence-corrected chi connectivity index (χ0v) is 14.0. The van der Waals surface area contributed by atoms with Crippen molar-refractivity contribution in [1.82, 2.24) is 0 Å². The maximum Gasteiger partial charge on any atom is 0.497 e. The van der Waals surface area contributed by atoms with E-state index in [1.807, 2.05) is 66.7 Å². The maximum absolute atomic E-state index is 13.2. The van der Waals surface area contributed by atoms with Crippen molar-refractivity contribution in [2.45, 2.75) is 4.90 Å². The summed E-state index contributed by atoms with van der Waals surface area (Å²) >= 11 is 1.09. The largest absolute Gasteiger partial charge is 0.497 e. The second-order valence-corrected chi connectivity index (χ2v) is 8.46. The van der Waals surface area contributed by atoms with Crippen molar-refractivity contribution in [2.75, 3.05) is 0 Å². The van der Waals surface area contributed by atoms with Gasteiger partial charge in [0.15, 0.2) is 0 Å². The normalized spacial score (nSPS) is 11.0. The summed E-state index contributed by atoms with van der Waals surface area (Å²) in [5.41, 5.74) is 0. The van der Waals surface area contributed by atoms with Crippen LogP contribution in [0.25, 0.3) is 0 Å². The van der Waals surface area contributed by atoms with Gasteiger partial charge in [-0.25, -0.2) is 4.57 Å².